The zero-order chi connectivity index (χ0) is 23.5. The summed E-state index contributed by atoms with van der Waals surface area (Å²) in [6.07, 6.45) is 0.161. The van der Waals surface area contributed by atoms with Crippen molar-refractivity contribution in [3.05, 3.63) is 88.7 Å². The van der Waals surface area contributed by atoms with Crippen LogP contribution in [0.5, 0.6) is 0 Å². The molecule has 164 valence electrons. The van der Waals surface area contributed by atoms with Gasteiger partial charge in [0.25, 0.3) is 0 Å². The van der Waals surface area contributed by atoms with Crippen LogP contribution in [0.4, 0.5) is 13.2 Å². The highest BCUT2D eigenvalue weighted by Crippen LogP contribution is 2.16. The van der Waals surface area contributed by atoms with E-state index in [-0.39, 0.29) is 22.7 Å². The van der Waals surface area contributed by atoms with E-state index >= 15 is 0 Å². The van der Waals surface area contributed by atoms with Crippen LogP contribution in [0.3, 0.4) is 0 Å². The Kier molecular flexibility index (Phi) is 8.12. The number of rotatable bonds is 6. The molecule has 0 N–H and O–H groups in total. The van der Waals surface area contributed by atoms with Crippen molar-refractivity contribution in [2.24, 2.45) is 0 Å². The predicted octanol–water partition coefficient (Wildman–Crippen LogP) is 3.11. The van der Waals surface area contributed by atoms with Crippen molar-refractivity contribution in [3.8, 4) is 0 Å². The van der Waals surface area contributed by atoms with Gasteiger partial charge in [0.05, 0.1) is 7.85 Å². The lowest BCUT2D eigenvalue weighted by Crippen LogP contribution is -2.62. The number of benzene rings is 3. The third-order valence-electron chi connectivity index (χ3n) is 5.24. The molecule has 1 fully saturated rings. The van der Waals surface area contributed by atoms with Crippen LogP contribution < -0.4 is 16.4 Å². The average molecular weight is 575 g/mol. The van der Waals surface area contributed by atoms with Crippen LogP contribution in [0.25, 0.3) is 0 Å². The van der Waals surface area contributed by atoms with Crippen LogP contribution in [0, 0.1) is 17.5 Å². The van der Waals surface area contributed by atoms with Crippen molar-refractivity contribution in [2.45, 2.75) is 17.0 Å². The molecule has 0 bridgehead atoms. The molecule has 4 rings (SSSR count). The molecule has 0 aromatic heterocycles. The van der Waals surface area contributed by atoms with E-state index in [1.165, 1.54) is 36.4 Å². The van der Waals surface area contributed by atoms with Gasteiger partial charge in [-0.3, -0.25) is 0 Å². The van der Waals surface area contributed by atoms with E-state index in [0.29, 0.717) is 16.2 Å². The molecule has 1 saturated heterocycles. The van der Waals surface area contributed by atoms with E-state index < -0.39 is 38.8 Å². The first-order chi connectivity index (χ1) is 15.9. The summed E-state index contributed by atoms with van der Waals surface area (Å²) in [4.78, 5) is 0. The van der Waals surface area contributed by atoms with Gasteiger partial charge in [0, 0.05) is 27.0 Å². The Balaban J connectivity index is 1.73. The van der Waals surface area contributed by atoms with E-state index in [9.17, 15) is 13.2 Å². The molecule has 2 radical (unpaired) electrons. The first-order valence-electron chi connectivity index (χ1n) is 10.1. The molecule has 0 spiro atoms. The van der Waals surface area contributed by atoms with Gasteiger partial charge in [0.15, 0.2) is 0 Å². The lowest BCUT2D eigenvalue weighted by Gasteiger charge is -2.32. The number of halogens is 5. The van der Waals surface area contributed by atoms with Crippen molar-refractivity contribution in [1.29, 1.82) is 0 Å². The summed E-state index contributed by atoms with van der Waals surface area (Å²) in [5.74, 6) is -1.73. The van der Waals surface area contributed by atoms with Crippen LogP contribution in [0.15, 0.2) is 54.6 Å². The Morgan fingerprint density at radius 3 is 1.24 bits per heavy atom. The third-order valence-corrected chi connectivity index (χ3v) is 6.54. The van der Waals surface area contributed by atoms with E-state index in [1.54, 1.807) is 18.2 Å². The van der Waals surface area contributed by atoms with Crippen LogP contribution in [-0.2, 0) is 30.7 Å². The minimum Gasteiger partial charge on any atom is -0.444 e. The molecule has 33 heavy (non-hydrogen) atoms. The Morgan fingerprint density at radius 2 is 0.939 bits per heavy atom. The molecule has 12 heteroatoms. The Bertz CT molecular complexity index is 1010. The SMILES string of the molecule is [B]Cc1ccc(B2OB(c3ccc(CBr)cc3F)OB(c3ccc(CBr)cc3F)O2)c(F)c1. The first-order valence-corrected chi connectivity index (χ1v) is 12.3. The maximum absolute atomic E-state index is 14.8. The van der Waals surface area contributed by atoms with Crippen LogP contribution >= 0.6 is 31.9 Å². The van der Waals surface area contributed by atoms with E-state index in [2.05, 4.69) is 31.9 Å². The van der Waals surface area contributed by atoms with Gasteiger partial charge in [0.1, 0.15) is 17.5 Å². The van der Waals surface area contributed by atoms with E-state index in [0.717, 1.165) is 11.1 Å². The molecule has 0 unspecified atom stereocenters. The zero-order valence-corrected chi connectivity index (χ0v) is 20.4. The quantitative estimate of drug-likeness (QED) is 0.334. The molecular weight excluding hydrogens is 560 g/mol. The summed E-state index contributed by atoms with van der Waals surface area (Å²) in [5.41, 5.74) is 2.28. The second-order valence-corrected chi connectivity index (χ2v) is 8.56. The molecule has 1 heterocycles. The number of hydrogen-bond acceptors (Lipinski definition) is 3. The highest BCUT2D eigenvalue weighted by atomic mass is 79.9. The molecule has 1 aliphatic heterocycles. The van der Waals surface area contributed by atoms with E-state index in [1.807, 2.05) is 0 Å². The van der Waals surface area contributed by atoms with Crippen molar-refractivity contribution >= 4 is 77.4 Å². The summed E-state index contributed by atoms with van der Waals surface area (Å²) in [7, 11) is 1.79. The predicted molar refractivity (Wildman–Crippen MR) is 133 cm³/mol. The van der Waals surface area contributed by atoms with E-state index in [4.69, 9.17) is 21.6 Å². The first kappa shape index (κ1) is 24.7. The minimum absolute atomic E-state index is 0.0699. The standard InChI is InChI=1S/C21H15B4Br2F3O3/c22-10-13-1-4-16(19(28)7-13)23-31-24(17-5-2-14(11-26)8-20(17)29)33-25(32-23)18-6-3-15(12-27)9-21(18)30/h1-9H,10-12H2. The third kappa shape index (κ3) is 5.46. The van der Waals surface area contributed by atoms with Gasteiger partial charge in [-0.1, -0.05) is 80.1 Å². The molecule has 0 amide bonds. The summed E-state index contributed by atoms with van der Waals surface area (Å²) in [6, 6.07) is 13.6. The zero-order valence-electron chi connectivity index (χ0n) is 17.2. The van der Waals surface area contributed by atoms with Gasteiger partial charge >= 0.3 is 21.4 Å². The van der Waals surface area contributed by atoms with Gasteiger partial charge in [-0.2, -0.15) is 0 Å². The van der Waals surface area contributed by atoms with Crippen LogP contribution in [-0.4, -0.2) is 29.2 Å². The highest BCUT2D eigenvalue weighted by Gasteiger charge is 2.46. The molecule has 3 nitrogen and oxygen atoms in total. The molecule has 0 saturated carbocycles. The summed E-state index contributed by atoms with van der Waals surface area (Å²) >= 11 is 6.57. The molecule has 1 aliphatic rings. The van der Waals surface area contributed by atoms with Gasteiger partial charge in [-0.25, -0.2) is 13.2 Å². The lowest BCUT2D eigenvalue weighted by atomic mass is 9.61. The molecule has 3 aromatic carbocycles. The van der Waals surface area contributed by atoms with Gasteiger partial charge in [-0.05, 0) is 29.3 Å². The maximum Gasteiger partial charge on any atom is 0.470 e. The van der Waals surface area contributed by atoms with Crippen molar-refractivity contribution in [1.82, 2.24) is 0 Å². The van der Waals surface area contributed by atoms with Crippen molar-refractivity contribution in [2.75, 3.05) is 0 Å². The molecule has 3 aromatic rings. The van der Waals surface area contributed by atoms with Crippen LogP contribution in [0.1, 0.15) is 16.7 Å². The Morgan fingerprint density at radius 1 is 0.606 bits per heavy atom. The number of hydrogen-bond donors (Lipinski definition) is 0. The Labute approximate surface area is 209 Å². The summed E-state index contributed by atoms with van der Waals surface area (Å²) in [5, 5.41) is 0.934. The average Bonchev–Trinajstić information content (AvgIpc) is 2.83. The highest BCUT2D eigenvalue weighted by molar-refractivity contribution is 9.08. The summed E-state index contributed by atoms with van der Waals surface area (Å²) in [6.45, 7) is 0. The van der Waals surface area contributed by atoms with Gasteiger partial charge < -0.3 is 13.7 Å². The smallest absolute Gasteiger partial charge is 0.444 e. The topological polar surface area (TPSA) is 27.7 Å². The number of alkyl halides is 2. The maximum atomic E-state index is 14.8. The lowest BCUT2D eigenvalue weighted by molar-refractivity contribution is 0.306. The van der Waals surface area contributed by atoms with Crippen molar-refractivity contribution in [3.63, 3.8) is 0 Å². The largest absolute Gasteiger partial charge is 0.470 e. The fourth-order valence-corrected chi connectivity index (χ4v) is 4.15. The van der Waals surface area contributed by atoms with Crippen molar-refractivity contribution < 1.29 is 26.9 Å². The van der Waals surface area contributed by atoms with Crippen LogP contribution in [0.2, 0.25) is 0 Å². The molecular formula is C21H15B4Br2F3O3. The van der Waals surface area contributed by atoms with Gasteiger partial charge in [-0.15, -0.1) is 0 Å². The molecule has 0 aliphatic carbocycles. The fraction of sp³-hybridized carbons (Fsp3) is 0.143. The normalized spacial score (nSPS) is 14.2. The second-order valence-electron chi connectivity index (χ2n) is 7.44. The fourth-order valence-electron chi connectivity index (χ4n) is 3.45. The summed E-state index contributed by atoms with van der Waals surface area (Å²) < 4.78 is 61.9. The minimum atomic E-state index is -1.27. The molecule has 0 atom stereocenters. The monoisotopic (exact) mass is 574 g/mol. The second kappa shape index (κ2) is 10.9. The Hall–Kier alpha value is -1.45. The van der Waals surface area contributed by atoms with Gasteiger partial charge in [0.2, 0.25) is 0 Å².